The highest BCUT2D eigenvalue weighted by Gasteiger charge is 2.02. The van der Waals surface area contributed by atoms with Crippen molar-refractivity contribution in [3.8, 4) is 0 Å². The van der Waals surface area contributed by atoms with Crippen LogP contribution in [0.5, 0.6) is 0 Å². The molecule has 0 spiro atoms. The van der Waals surface area contributed by atoms with Gasteiger partial charge in [-0.1, -0.05) is 35.0 Å². The van der Waals surface area contributed by atoms with Gasteiger partial charge in [0, 0.05) is 28.8 Å². The molecule has 0 aliphatic carbocycles. The first-order valence-corrected chi connectivity index (χ1v) is 6.48. The van der Waals surface area contributed by atoms with Crippen LogP contribution in [0.25, 0.3) is 6.08 Å². The van der Waals surface area contributed by atoms with Crippen LogP contribution in [-0.4, -0.2) is 11.8 Å². The Labute approximate surface area is 126 Å². The maximum absolute atomic E-state index is 11.5. The van der Waals surface area contributed by atoms with Crippen LogP contribution in [-0.2, 0) is 9.63 Å². The number of amidine groups is 1. The van der Waals surface area contributed by atoms with Gasteiger partial charge in [-0.2, -0.15) is 0 Å². The molecule has 0 unspecified atom stereocenters. The summed E-state index contributed by atoms with van der Waals surface area (Å²) in [5.41, 5.74) is 7.05. The highest BCUT2D eigenvalue weighted by Crippen LogP contribution is 2.16. The van der Waals surface area contributed by atoms with Crippen LogP contribution in [0, 0.1) is 0 Å². The van der Waals surface area contributed by atoms with E-state index in [1.54, 1.807) is 48.8 Å². The molecule has 21 heavy (non-hydrogen) atoms. The number of hydrogen-bond donors (Lipinski definition) is 1. The SMILES string of the molecule is NC(=NOC(=O)C=Cc1ccccc1Cl)c1cc[nH+]cc1. The average molecular weight is 303 g/mol. The monoisotopic (exact) mass is 302 g/mol. The van der Waals surface area contributed by atoms with Gasteiger partial charge < -0.3 is 10.6 Å². The van der Waals surface area contributed by atoms with Crippen LogP contribution in [0.3, 0.4) is 0 Å². The van der Waals surface area contributed by atoms with Crippen molar-refractivity contribution in [3.05, 3.63) is 71.0 Å². The zero-order valence-corrected chi connectivity index (χ0v) is 11.7. The van der Waals surface area contributed by atoms with Crippen molar-refractivity contribution in [3.63, 3.8) is 0 Å². The van der Waals surface area contributed by atoms with E-state index >= 15 is 0 Å². The smallest absolute Gasteiger partial charge is 0.358 e. The Bertz CT molecular complexity index is 684. The lowest BCUT2D eigenvalue weighted by Crippen LogP contribution is -2.16. The molecule has 0 aliphatic heterocycles. The van der Waals surface area contributed by atoms with E-state index in [-0.39, 0.29) is 5.84 Å². The standard InChI is InChI=1S/C15H12ClN3O2/c16-13-4-2-1-3-11(13)5-6-14(20)21-19-15(17)12-7-9-18-10-8-12/h1-10H,(H2,17,19)/p+1. The molecule has 2 rings (SSSR count). The third kappa shape index (κ3) is 4.43. The van der Waals surface area contributed by atoms with Crippen molar-refractivity contribution < 1.29 is 14.6 Å². The Morgan fingerprint density at radius 3 is 2.67 bits per heavy atom. The Morgan fingerprint density at radius 1 is 1.24 bits per heavy atom. The molecule has 0 atom stereocenters. The Balaban J connectivity index is 1.98. The summed E-state index contributed by atoms with van der Waals surface area (Å²) >= 11 is 5.96. The minimum atomic E-state index is -0.639. The molecule has 0 fully saturated rings. The van der Waals surface area contributed by atoms with Crippen LogP contribution in [0.4, 0.5) is 0 Å². The molecule has 0 radical (unpaired) electrons. The predicted octanol–water partition coefficient (Wildman–Crippen LogP) is 2.03. The Hall–Kier alpha value is -2.66. The van der Waals surface area contributed by atoms with E-state index in [0.717, 1.165) is 0 Å². The van der Waals surface area contributed by atoms with Gasteiger partial charge in [-0.05, 0) is 17.7 Å². The number of aromatic amines is 1. The van der Waals surface area contributed by atoms with Crippen LogP contribution in [0.15, 0.2) is 60.0 Å². The number of rotatable bonds is 4. The number of nitrogens with two attached hydrogens (primary N) is 1. The number of hydrogen-bond acceptors (Lipinski definition) is 3. The van der Waals surface area contributed by atoms with Gasteiger partial charge in [-0.25, -0.2) is 9.78 Å². The normalized spacial score (nSPS) is 11.6. The second-order valence-corrected chi connectivity index (χ2v) is 4.44. The van der Waals surface area contributed by atoms with E-state index in [1.165, 1.54) is 6.08 Å². The fourth-order valence-corrected chi connectivity index (χ4v) is 1.70. The summed E-state index contributed by atoms with van der Waals surface area (Å²) in [5, 5.41) is 4.12. The van der Waals surface area contributed by atoms with E-state index in [0.29, 0.717) is 16.1 Å². The van der Waals surface area contributed by atoms with E-state index in [1.807, 2.05) is 6.07 Å². The third-order valence-corrected chi connectivity index (χ3v) is 2.90. The first-order chi connectivity index (χ1) is 10.2. The van der Waals surface area contributed by atoms with Gasteiger partial charge in [0.15, 0.2) is 18.2 Å². The van der Waals surface area contributed by atoms with E-state index < -0.39 is 5.97 Å². The van der Waals surface area contributed by atoms with Crippen LogP contribution >= 0.6 is 11.6 Å². The molecule has 1 aromatic heterocycles. The van der Waals surface area contributed by atoms with Crippen molar-refractivity contribution in [2.24, 2.45) is 10.9 Å². The Kier molecular flexibility index (Phi) is 5.06. The number of nitrogens with one attached hydrogen (secondary N) is 1. The van der Waals surface area contributed by atoms with Crippen LogP contribution < -0.4 is 10.7 Å². The minimum Gasteiger partial charge on any atom is -0.380 e. The number of carbonyl (C=O) groups excluding carboxylic acids is 1. The molecule has 0 saturated carbocycles. The number of pyridine rings is 1. The van der Waals surface area contributed by atoms with E-state index in [9.17, 15) is 4.79 Å². The maximum atomic E-state index is 11.5. The molecular formula is C15H13ClN3O2+. The van der Waals surface area contributed by atoms with Gasteiger partial charge in [0.25, 0.3) is 0 Å². The predicted molar refractivity (Wildman–Crippen MR) is 80.3 cm³/mol. The summed E-state index contributed by atoms with van der Waals surface area (Å²) in [6.07, 6.45) is 6.16. The number of aromatic nitrogens is 1. The number of carbonyl (C=O) groups is 1. The van der Waals surface area contributed by atoms with Gasteiger partial charge in [0.05, 0.1) is 0 Å². The van der Waals surface area contributed by atoms with Crippen molar-refractivity contribution in [2.45, 2.75) is 0 Å². The molecule has 3 N–H and O–H groups in total. The molecular weight excluding hydrogens is 290 g/mol. The summed E-state index contributed by atoms with van der Waals surface area (Å²) in [5.74, 6) is -0.524. The number of H-pyrrole nitrogens is 1. The first kappa shape index (κ1) is 14.7. The van der Waals surface area contributed by atoms with Gasteiger partial charge in [-0.3, -0.25) is 0 Å². The van der Waals surface area contributed by atoms with Gasteiger partial charge >= 0.3 is 5.97 Å². The largest absolute Gasteiger partial charge is 0.380 e. The highest BCUT2D eigenvalue weighted by molar-refractivity contribution is 6.32. The third-order valence-electron chi connectivity index (χ3n) is 2.55. The van der Waals surface area contributed by atoms with Crippen LogP contribution in [0.2, 0.25) is 5.02 Å². The van der Waals surface area contributed by atoms with Crippen molar-refractivity contribution in [1.29, 1.82) is 0 Å². The molecule has 0 aliphatic rings. The summed E-state index contributed by atoms with van der Waals surface area (Å²) in [6, 6.07) is 10.6. The second kappa shape index (κ2) is 7.21. The Morgan fingerprint density at radius 2 is 1.95 bits per heavy atom. The highest BCUT2D eigenvalue weighted by atomic mass is 35.5. The lowest BCUT2D eigenvalue weighted by Gasteiger charge is -1.98. The number of benzene rings is 1. The molecule has 0 amide bonds. The average Bonchev–Trinajstić information content (AvgIpc) is 2.52. The molecule has 6 heteroatoms. The maximum Gasteiger partial charge on any atom is 0.358 e. The summed E-state index contributed by atoms with van der Waals surface area (Å²) in [7, 11) is 0. The molecule has 5 nitrogen and oxygen atoms in total. The number of nitrogens with zero attached hydrogens (tertiary/aromatic N) is 1. The molecule has 0 saturated heterocycles. The van der Waals surface area contributed by atoms with Crippen LogP contribution in [0.1, 0.15) is 11.1 Å². The first-order valence-electron chi connectivity index (χ1n) is 6.10. The van der Waals surface area contributed by atoms with Gasteiger partial charge in [0.2, 0.25) is 0 Å². The summed E-state index contributed by atoms with van der Waals surface area (Å²) in [6.45, 7) is 0. The lowest BCUT2D eigenvalue weighted by molar-refractivity contribution is -0.378. The van der Waals surface area contributed by atoms with Gasteiger partial charge in [-0.15, -0.1) is 0 Å². The fraction of sp³-hybridized carbons (Fsp3) is 0. The van der Waals surface area contributed by atoms with E-state index in [4.69, 9.17) is 22.2 Å². The second-order valence-electron chi connectivity index (χ2n) is 4.03. The lowest BCUT2D eigenvalue weighted by atomic mass is 10.2. The zero-order valence-electron chi connectivity index (χ0n) is 11.0. The minimum absolute atomic E-state index is 0.114. The summed E-state index contributed by atoms with van der Waals surface area (Å²) in [4.78, 5) is 19.1. The fourth-order valence-electron chi connectivity index (χ4n) is 1.50. The molecule has 106 valence electrons. The van der Waals surface area contributed by atoms with Gasteiger partial charge in [0.1, 0.15) is 0 Å². The molecule has 1 aromatic carbocycles. The molecule has 1 heterocycles. The molecule has 0 bridgehead atoms. The van der Waals surface area contributed by atoms with E-state index in [2.05, 4.69) is 10.1 Å². The van der Waals surface area contributed by atoms with Crippen molar-refractivity contribution in [1.82, 2.24) is 0 Å². The van der Waals surface area contributed by atoms with Crippen molar-refractivity contribution >= 4 is 29.5 Å². The summed E-state index contributed by atoms with van der Waals surface area (Å²) < 4.78 is 0. The topological polar surface area (TPSA) is 78.8 Å². The number of halogens is 1. The molecule has 2 aromatic rings. The van der Waals surface area contributed by atoms with Crippen molar-refractivity contribution in [2.75, 3.05) is 0 Å². The quantitative estimate of drug-likeness (QED) is 0.308. The number of oxime groups is 1. The zero-order chi connectivity index (χ0) is 15.1.